The van der Waals surface area contributed by atoms with E-state index in [1.807, 2.05) is 23.1 Å². The summed E-state index contributed by atoms with van der Waals surface area (Å²) in [6.45, 7) is 10.5. The van der Waals surface area contributed by atoms with Crippen LogP contribution < -0.4 is 4.74 Å². The van der Waals surface area contributed by atoms with Crippen molar-refractivity contribution in [3.05, 3.63) is 63.6 Å². The van der Waals surface area contributed by atoms with Gasteiger partial charge in [0.15, 0.2) is 0 Å². The summed E-state index contributed by atoms with van der Waals surface area (Å²) in [6.07, 6.45) is 4.56. The summed E-state index contributed by atoms with van der Waals surface area (Å²) in [6, 6.07) is 13.0. The lowest BCUT2D eigenvalue weighted by atomic mass is 9.56. The van der Waals surface area contributed by atoms with Crippen molar-refractivity contribution in [2.45, 2.75) is 83.8 Å². The maximum absolute atomic E-state index is 14.1. The Kier molecular flexibility index (Phi) is 10.3. The van der Waals surface area contributed by atoms with E-state index in [1.54, 1.807) is 18.2 Å². The standard InChI is InChI=1S/C35H44Cl2N2O5/c1-22(2)19-39(34(42)15-26-10-11-31(36)32(37)14-26)28-17-33(44-24(4)41)30-21-38(20-25-8-9-25)13-12-35(30,18-28)27-6-5-7-29(16-27)43-23(3)40/h5-7,10-11,14,16,22,25,28,30,33H,8-9,12-13,15,17-21H2,1-4H3/t28-,30-,33?,35-/m0/s1. The largest absolute Gasteiger partial charge is 0.462 e. The van der Waals surface area contributed by atoms with E-state index in [1.165, 1.54) is 26.7 Å². The third kappa shape index (κ3) is 7.78. The second kappa shape index (κ2) is 13.8. The third-order valence-electron chi connectivity index (χ3n) is 9.46. The smallest absolute Gasteiger partial charge is 0.308 e. The zero-order chi connectivity index (χ0) is 31.6. The number of carbonyl (C=O) groups excluding carboxylic acids is 3. The summed E-state index contributed by atoms with van der Waals surface area (Å²) < 4.78 is 11.7. The second-order valence-electron chi connectivity index (χ2n) is 13.4. The number of hydrogen-bond acceptors (Lipinski definition) is 6. The SMILES string of the molecule is CC(=O)Oc1cccc([C@@]23CCN(CC4CC4)C[C@H]2C(OC(C)=O)C[C@H](N(CC(C)C)C(=O)Cc2ccc(Cl)c(Cl)c2)C3)c1. The molecule has 1 heterocycles. The van der Waals surface area contributed by atoms with Crippen LogP contribution in [0.5, 0.6) is 5.75 Å². The Morgan fingerprint density at radius 3 is 2.48 bits per heavy atom. The Hall–Kier alpha value is -2.61. The summed E-state index contributed by atoms with van der Waals surface area (Å²) in [7, 11) is 0. The van der Waals surface area contributed by atoms with Crippen LogP contribution in [0.1, 0.15) is 70.9 Å². The molecule has 238 valence electrons. The van der Waals surface area contributed by atoms with Gasteiger partial charge in [-0.05, 0) is 79.5 Å². The van der Waals surface area contributed by atoms with Crippen LogP contribution in [0.4, 0.5) is 0 Å². The second-order valence-corrected chi connectivity index (χ2v) is 14.3. The molecule has 1 amide bonds. The molecule has 0 bridgehead atoms. The van der Waals surface area contributed by atoms with Crippen LogP contribution in [0.15, 0.2) is 42.5 Å². The number of nitrogens with zero attached hydrogens (tertiary/aromatic N) is 2. The number of fused-ring (bicyclic) bond motifs is 1. The van der Waals surface area contributed by atoms with Crippen LogP contribution in [-0.2, 0) is 31.0 Å². The molecule has 0 spiro atoms. The fourth-order valence-corrected chi connectivity index (χ4v) is 7.77. The van der Waals surface area contributed by atoms with Crippen molar-refractivity contribution in [1.82, 2.24) is 9.80 Å². The van der Waals surface area contributed by atoms with Gasteiger partial charge in [-0.25, -0.2) is 0 Å². The van der Waals surface area contributed by atoms with E-state index in [-0.39, 0.29) is 53.7 Å². The molecule has 9 heteroatoms. The quantitative estimate of drug-likeness (QED) is 0.212. The van der Waals surface area contributed by atoms with E-state index in [9.17, 15) is 14.4 Å². The minimum atomic E-state index is -0.377. The van der Waals surface area contributed by atoms with Gasteiger partial charge >= 0.3 is 11.9 Å². The molecule has 1 unspecified atom stereocenters. The number of carbonyl (C=O) groups is 3. The zero-order valence-electron chi connectivity index (χ0n) is 26.2. The van der Waals surface area contributed by atoms with Crippen molar-refractivity contribution in [1.29, 1.82) is 0 Å². The molecular weight excluding hydrogens is 599 g/mol. The van der Waals surface area contributed by atoms with Gasteiger partial charge in [-0.1, -0.05) is 55.2 Å². The van der Waals surface area contributed by atoms with Crippen LogP contribution in [0, 0.1) is 17.8 Å². The number of hydrogen-bond donors (Lipinski definition) is 0. The molecule has 7 nitrogen and oxygen atoms in total. The highest BCUT2D eigenvalue weighted by atomic mass is 35.5. The number of rotatable bonds is 10. The molecule has 0 radical (unpaired) electrons. The summed E-state index contributed by atoms with van der Waals surface area (Å²) >= 11 is 12.4. The lowest BCUT2D eigenvalue weighted by Gasteiger charge is -2.57. The molecule has 2 saturated carbocycles. The molecular formula is C35H44Cl2N2O5. The lowest BCUT2D eigenvalue weighted by molar-refractivity contribution is -0.161. The molecule has 2 aromatic rings. The maximum Gasteiger partial charge on any atom is 0.308 e. The van der Waals surface area contributed by atoms with Crippen LogP contribution in [0.3, 0.4) is 0 Å². The average molecular weight is 644 g/mol. The highest BCUT2D eigenvalue weighted by molar-refractivity contribution is 6.42. The molecule has 1 saturated heterocycles. The Balaban J connectivity index is 1.53. The molecule has 2 aliphatic carbocycles. The number of halogens is 2. The molecule has 1 aliphatic heterocycles. The number of ether oxygens (including phenoxy) is 2. The van der Waals surface area contributed by atoms with Crippen molar-refractivity contribution >= 4 is 41.0 Å². The Bertz CT molecular complexity index is 1380. The molecule has 4 atom stereocenters. The first-order chi connectivity index (χ1) is 20.9. The fourth-order valence-electron chi connectivity index (χ4n) is 7.45. The number of piperidine rings is 1. The molecule has 3 fully saturated rings. The molecule has 0 aromatic heterocycles. The van der Waals surface area contributed by atoms with Crippen LogP contribution in [0.25, 0.3) is 0 Å². The Morgan fingerprint density at radius 1 is 1.05 bits per heavy atom. The van der Waals surface area contributed by atoms with E-state index in [2.05, 4.69) is 24.8 Å². The van der Waals surface area contributed by atoms with E-state index in [0.29, 0.717) is 28.8 Å². The van der Waals surface area contributed by atoms with Gasteiger partial charge in [0.05, 0.1) is 16.5 Å². The number of amides is 1. The van der Waals surface area contributed by atoms with E-state index in [0.717, 1.165) is 49.5 Å². The molecule has 3 aliphatic rings. The first-order valence-corrected chi connectivity index (χ1v) is 16.6. The monoisotopic (exact) mass is 642 g/mol. The van der Waals surface area contributed by atoms with Gasteiger partial charge in [-0.15, -0.1) is 0 Å². The van der Waals surface area contributed by atoms with Crippen LogP contribution in [-0.4, -0.2) is 66.0 Å². The first kappa shape index (κ1) is 32.8. The highest BCUT2D eigenvalue weighted by Crippen LogP contribution is 2.52. The predicted molar refractivity (Wildman–Crippen MR) is 172 cm³/mol. The van der Waals surface area contributed by atoms with Gasteiger partial charge in [-0.3, -0.25) is 14.4 Å². The van der Waals surface area contributed by atoms with E-state index >= 15 is 0 Å². The summed E-state index contributed by atoms with van der Waals surface area (Å²) in [5.41, 5.74) is 1.49. The van der Waals surface area contributed by atoms with Crippen molar-refractivity contribution in [3.63, 3.8) is 0 Å². The number of benzene rings is 2. The van der Waals surface area contributed by atoms with Crippen molar-refractivity contribution in [2.75, 3.05) is 26.2 Å². The molecule has 5 rings (SSSR count). The summed E-state index contributed by atoms with van der Waals surface area (Å²) in [4.78, 5) is 43.1. The minimum Gasteiger partial charge on any atom is -0.462 e. The Morgan fingerprint density at radius 2 is 1.82 bits per heavy atom. The van der Waals surface area contributed by atoms with Crippen LogP contribution >= 0.6 is 23.2 Å². The fraction of sp³-hybridized carbons (Fsp3) is 0.571. The predicted octanol–water partition coefficient (Wildman–Crippen LogP) is 6.71. The molecule has 0 N–H and O–H groups in total. The van der Waals surface area contributed by atoms with Crippen LogP contribution in [0.2, 0.25) is 10.0 Å². The van der Waals surface area contributed by atoms with Gasteiger partial charge in [0.1, 0.15) is 11.9 Å². The van der Waals surface area contributed by atoms with E-state index < -0.39 is 0 Å². The Labute approximate surface area is 271 Å². The van der Waals surface area contributed by atoms with Crippen molar-refractivity contribution in [3.8, 4) is 5.75 Å². The van der Waals surface area contributed by atoms with Gasteiger partial charge in [-0.2, -0.15) is 0 Å². The third-order valence-corrected chi connectivity index (χ3v) is 10.2. The summed E-state index contributed by atoms with van der Waals surface area (Å²) in [5.74, 6) is 0.858. The molecule has 2 aromatic carbocycles. The lowest BCUT2D eigenvalue weighted by Crippen LogP contribution is -2.62. The number of likely N-dealkylation sites (tertiary alicyclic amines) is 1. The normalized spacial score (nSPS) is 25.3. The topological polar surface area (TPSA) is 76.2 Å². The average Bonchev–Trinajstić information content (AvgIpc) is 3.77. The maximum atomic E-state index is 14.1. The highest BCUT2D eigenvalue weighted by Gasteiger charge is 2.55. The number of esters is 2. The van der Waals surface area contributed by atoms with Gasteiger partial charge < -0.3 is 19.3 Å². The van der Waals surface area contributed by atoms with Gasteiger partial charge in [0.25, 0.3) is 0 Å². The van der Waals surface area contributed by atoms with Crippen molar-refractivity contribution < 1.29 is 23.9 Å². The van der Waals surface area contributed by atoms with Gasteiger partial charge in [0, 0.05) is 57.3 Å². The summed E-state index contributed by atoms with van der Waals surface area (Å²) in [5, 5.41) is 0.878. The van der Waals surface area contributed by atoms with Crippen molar-refractivity contribution in [2.24, 2.45) is 17.8 Å². The molecule has 44 heavy (non-hydrogen) atoms. The first-order valence-electron chi connectivity index (χ1n) is 15.9. The zero-order valence-corrected chi connectivity index (χ0v) is 27.7. The van der Waals surface area contributed by atoms with Gasteiger partial charge in [0.2, 0.25) is 5.91 Å². The minimum absolute atomic E-state index is 0.0112. The van der Waals surface area contributed by atoms with E-state index in [4.69, 9.17) is 32.7 Å².